The van der Waals surface area contributed by atoms with Gasteiger partial charge in [0.15, 0.2) is 0 Å². The van der Waals surface area contributed by atoms with E-state index < -0.39 is 0 Å². The van der Waals surface area contributed by atoms with Crippen LogP contribution >= 0.6 is 0 Å². The number of benzene rings is 2. The summed E-state index contributed by atoms with van der Waals surface area (Å²) in [6.07, 6.45) is 0. The molecule has 0 amide bonds. The maximum atomic E-state index is 8.98. The summed E-state index contributed by atoms with van der Waals surface area (Å²) < 4.78 is 5.81. The van der Waals surface area contributed by atoms with Crippen molar-refractivity contribution in [1.29, 1.82) is 0 Å². The smallest absolute Gasteiger partial charge is 0.132 e. The average molecular weight is 243 g/mol. The minimum absolute atomic E-state index is 0.0384. The molecule has 0 saturated carbocycles. The van der Waals surface area contributed by atoms with E-state index in [9.17, 15) is 0 Å². The van der Waals surface area contributed by atoms with Crippen LogP contribution in [-0.4, -0.2) is 5.11 Å². The Morgan fingerprint density at radius 3 is 2.39 bits per heavy atom. The van der Waals surface area contributed by atoms with Gasteiger partial charge in [0.2, 0.25) is 0 Å². The van der Waals surface area contributed by atoms with Crippen LogP contribution in [-0.2, 0) is 6.61 Å². The number of aliphatic hydroxyl groups excluding tert-OH is 1. The number of hydrogen-bond acceptors (Lipinski definition) is 3. The van der Waals surface area contributed by atoms with Crippen molar-refractivity contribution in [2.45, 2.75) is 19.6 Å². The molecule has 2 aromatic carbocycles. The molecule has 0 bridgehead atoms. The maximum absolute atomic E-state index is 8.98. The van der Waals surface area contributed by atoms with Gasteiger partial charge in [-0.05, 0) is 30.7 Å². The fourth-order valence-electron chi connectivity index (χ4n) is 1.74. The van der Waals surface area contributed by atoms with Crippen molar-refractivity contribution in [3.63, 3.8) is 0 Å². The van der Waals surface area contributed by atoms with E-state index >= 15 is 0 Å². The summed E-state index contributed by atoms with van der Waals surface area (Å²) in [6, 6.07) is 15.0. The van der Waals surface area contributed by atoms with E-state index in [1.807, 2.05) is 55.5 Å². The Morgan fingerprint density at radius 2 is 1.78 bits per heavy atom. The molecule has 0 fully saturated rings. The molecule has 0 aliphatic carbocycles. The van der Waals surface area contributed by atoms with Crippen LogP contribution < -0.4 is 10.5 Å². The maximum Gasteiger partial charge on any atom is 0.132 e. The van der Waals surface area contributed by atoms with Crippen LogP contribution in [0, 0.1) is 0 Å². The molecule has 1 atom stereocenters. The quantitative estimate of drug-likeness (QED) is 0.868. The second-order valence-corrected chi connectivity index (χ2v) is 4.23. The molecule has 0 heterocycles. The van der Waals surface area contributed by atoms with Gasteiger partial charge >= 0.3 is 0 Å². The van der Waals surface area contributed by atoms with Crippen LogP contribution in [0.1, 0.15) is 24.1 Å². The lowest BCUT2D eigenvalue weighted by atomic mass is 10.1. The van der Waals surface area contributed by atoms with Gasteiger partial charge in [0.1, 0.15) is 11.5 Å². The lowest BCUT2D eigenvalue weighted by Gasteiger charge is -2.13. The van der Waals surface area contributed by atoms with Crippen LogP contribution in [0.25, 0.3) is 0 Å². The van der Waals surface area contributed by atoms with Crippen LogP contribution in [0.15, 0.2) is 48.5 Å². The van der Waals surface area contributed by atoms with E-state index in [0.29, 0.717) is 0 Å². The van der Waals surface area contributed by atoms with Gasteiger partial charge in [0, 0.05) is 11.6 Å². The normalized spacial score (nSPS) is 12.2. The van der Waals surface area contributed by atoms with Gasteiger partial charge in [-0.2, -0.15) is 0 Å². The molecule has 0 aliphatic rings. The van der Waals surface area contributed by atoms with E-state index in [1.165, 1.54) is 0 Å². The molecular weight excluding hydrogens is 226 g/mol. The van der Waals surface area contributed by atoms with Gasteiger partial charge in [-0.15, -0.1) is 0 Å². The molecule has 2 rings (SSSR count). The van der Waals surface area contributed by atoms with Crippen LogP contribution in [0.2, 0.25) is 0 Å². The number of aliphatic hydroxyl groups is 1. The fourth-order valence-corrected chi connectivity index (χ4v) is 1.74. The SMILES string of the molecule is CC(N)c1ccccc1Oc1ccc(CO)cc1. The minimum atomic E-state index is -0.0714. The molecule has 0 aromatic heterocycles. The van der Waals surface area contributed by atoms with Crippen molar-refractivity contribution < 1.29 is 9.84 Å². The number of ether oxygens (including phenoxy) is 1. The number of para-hydroxylation sites is 1. The minimum Gasteiger partial charge on any atom is -0.457 e. The van der Waals surface area contributed by atoms with E-state index in [4.69, 9.17) is 15.6 Å². The first-order valence-corrected chi connectivity index (χ1v) is 5.93. The Kier molecular flexibility index (Phi) is 3.97. The highest BCUT2D eigenvalue weighted by Gasteiger charge is 2.07. The van der Waals surface area contributed by atoms with Crippen molar-refractivity contribution >= 4 is 0 Å². The molecule has 2 aromatic rings. The molecule has 3 heteroatoms. The third-order valence-corrected chi connectivity index (χ3v) is 2.74. The van der Waals surface area contributed by atoms with E-state index in [-0.39, 0.29) is 12.6 Å². The van der Waals surface area contributed by atoms with Crippen LogP contribution in [0.3, 0.4) is 0 Å². The van der Waals surface area contributed by atoms with E-state index in [0.717, 1.165) is 22.6 Å². The molecule has 3 N–H and O–H groups in total. The van der Waals surface area contributed by atoms with Crippen molar-refractivity contribution in [1.82, 2.24) is 0 Å². The summed E-state index contributed by atoms with van der Waals surface area (Å²) in [4.78, 5) is 0. The van der Waals surface area contributed by atoms with E-state index in [2.05, 4.69) is 0 Å². The molecule has 94 valence electrons. The van der Waals surface area contributed by atoms with E-state index in [1.54, 1.807) is 0 Å². The predicted octanol–water partition coefficient (Wildman–Crippen LogP) is 2.99. The van der Waals surface area contributed by atoms with Crippen molar-refractivity contribution in [3.8, 4) is 11.5 Å². The lowest BCUT2D eigenvalue weighted by Crippen LogP contribution is -2.06. The Bertz CT molecular complexity index is 506. The second-order valence-electron chi connectivity index (χ2n) is 4.23. The summed E-state index contributed by atoms with van der Waals surface area (Å²) in [7, 11) is 0. The lowest BCUT2D eigenvalue weighted by molar-refractivity contribution is 0.281. The zero-order valence-electron chi connectivity index (χ0n) is 10.3. The van der Waals surface area contributed by atoms with Gasteiger partial charge in [0.25, 0.3) is 0 Å². The highest BCUT2D eigenvalue weighted by Crippen LogP contribution is 2.28. The third kappa shape index (κ3) is 2.88. The van der Waals surface area contributed by atoms with Crippen molar-refractivity contribution in [3.05, 3.63) is 59.7 Å². The van der Waals surface area contributed by atoms with Gasteiger partial charge < -0.3 is 15.6 Å². The third-order valence-electron chi connectivity index (χ3n) is 2.74. The van der Waals surface area contributed by atoms with Gasteiger partial charge in [0.05, 0.1) is 6.61 Å². The highest BCUT2D eigenvalue weighted by molar-refractivity contribution is 5.39. The average Bonchev–Trinajstić information content (AvgIpc) is 2.40. The topological polar surface area (TPSA) is 55.5 Å². The number of nitrogens with two attached hydrogens (primary N) is 1. The zero-order chi connectivity index (χ0) is 13.0. The highest BCUT2D eigenvalue weighted by atomic mass is 16.5. The van der Waals surface area contributed by atoms with Crippen molar-refractivity contribution in [2.75, 3.05) is 0 Å². The molecule has 3 nitrogen and oxygen atoms in total. The van der Waals surface area contributed by atoms with Gasteiger partial charge in [-0.3, -0.25) is 0 Å². The first-order chi connectivity index (χ1) is 8.70. The number of rotatable bonds is 4. The van der Waals surface area contributed by atoms with Crippen LogP contribution in [0.5, 0.6) is 11.5 Å². The fraction of sp³-hybridized carbons (Fsp3) is 0.200. The Labute approximate surface area is 107 Å². The molecule has 0 aliphatic heterocycles. The first kappa shape index (κ1) is 12.6. The van der Waals surface area contributed by atoms with Crippen molar-refractivity contribution in [2.24, 2.45) is 5.73 Å². The largest absolute Gasteiger partial charge is 0.457 e. The summed E-state index contributed by atoms with van der Waals surface area (Å²) in [5.41, 5.74) is 7.74. The molecule has 18 heavy (non-hydrogen) atoms. The standard InChI is InChI=1S/C15H17NO2/c1-11(16)14-4-2-3-5-15(14)18-13-8-6-12(10-17)7-9-13/h2-9,11,17H,10,16H2,1H3. The monoisotopic (exact) mass is 243 g/mol. The van der Waals surface area contributed by atoms with Gasteiger partial charge in [-0.25, -0.2) is 0 Å². The summed E-state index contributed by atoms with van der Waals surface area (Å²) in [5, 5.41) is 8.98. The van der Waals surface area contributed by atoms with Gasteiger partial charge in [-0.1, -0.05) is 30.3 Å². The molecule has 1 unspecified atom stereocenters. The summed E-state index contributed by atoms with van der Waals surface area (Å²) in [6.45, 7) is 1.97. The van der Waals surface area contributed by atoms with Crippen LogP contribution in [0.4, 0.5) is 0 Å². The molecule has 0 radical (unpaired) electrons. The Balaban J connectivity index is 2.22. The molecule has 0 spiro atoms. The molecular formula is C15H17NO2. The summed E-state index contributed by atoms with van der Waals surface area (Å²) >= 11 is 0. The number of hydrogen-bond donors (Lipinski definition) is 2. The first-order valence-electron chi connectivity index (χ1n) is 5.93. The predicted molar refractivity (Wildman–Crippen MR) is 71.5 cm³/mol. The summed E-state index contributed by atoms with van der Waals surface area (Å²) in [5.74, 6) is 1.50. The molecule has 0 saturated heterocycles. The second kappa shape index (κ2) is 5.67. The Morgan fingerprint density at radius 1 is 1.11 bits per heavy atom. The Hall–Kier alpha value is -1.84. The zero-order valence-corrected chi connectivity index (χ0v) is 10.3.